The van der Waals surface area contributed by atoms with E-state index in [2.05, 4.69) is 29.6 Å². The van der Waals surface area contributed by atoms with E-state index in [4.69, 9.17) is 5.73 Å². The minimum absolute atomic E-state index is 0.000174. The van der Waals surface area contributed by atoms with Crippen molar-refractivity contribution in [3.63, 3.8) is 0 Å². The molecule has 3 heteroatoms. The Kier molecular flexibility index (Phi) is 4.29. The first-order chi connectivity index (χ1) is 10.2. The molecule has 114 valence electrons. The van der Waals surface area contributed by atoms with Crippen LogP contribution in [0.5, 0.6) is 0 Å². The summed E-state index contributed by atoms with van der Waals surface area (Å²) in [5, 5.41) is 3.39. The molecule has 3 N–H and O–H groups in total. The zero-order chi connectivity index (χ0) is 14.7. The standard InChI is InChI=1S/C18H26N2O/c19-13-15-8-4-9-16(15)17(21)20-18(10-5-11-18)12-14-6-2-1-3-7-14/h1-3,6-7,15-16H,4-5,8-13,19H2,(H,20,21)/t15-,16-/m1/s1. The summed E-state index contributed by atoms with van der Waals surface area (Å²) >= 11 is 0. The van der Waals surface area contributed by atoms with Gasteiger partial charge in [-0.1, -0.05) is 36.8 Å². The highest BCUT2D eigenvalue weighted by molar-refractivity contribution is 5.80. The summed E-state index contributed by atoms with van der Waals surface area (Å²) in [4.78, 5) is 12.6. The first-order valence-electron chi connectivity index (χ1n) is 8.28. The molecule has 2 saturated carbocycles. The molecule has 2 atom stereocenters. The van der Waals surface area contributed by atoms with Gasteiger partial charge in [-0.25, -0.2) is 0 Å². The van der Waals surface area contributed by atoms with Crippen LogP contribution in [0.4, 0.5) is 0 Å². The van der Waals surface area contributed by atoms with Gasteiger partial charge >= 0.3 is 0 Å². The number of rotatable bonds is 5. The summed E-state index contributed by atoms with van der Waals surface area (Å²) in [5.41, 5.74) is 7.13. The van der Waals surface area contributed by atoms with Gasteiger partial charge in [-0.2, -0.15) is 0 Å². The van der Waals surface area contributed by atoms with Crippen LogP contribution in [0.3, 0.4) is 0 Å². The molecule has 2 aliphatic rings. The van der Waals surface area contributed by atoms with Crippen molar-refractivity contribution in [2.75, 3.05) is 6.54 Å². The van der Waals surface area contributed by atoms with E-state index in [1.54, 1.807) is 0 Å². The number of carbonyl (C=O) groups excluding carboxylic acids is 1. The van der Waals surface area contributed by atoms with Crippen molar-refractivity contribution in [2.45, 2.75) is 50.5 Å². The van der Waals surface area contributed by atoms with E-state index in [1.165, 1.54) is 12.0 Å². The third kappa shape index (κ3) is 3.13. The van der Waals surface area contributed by atoms with E-state index < -0.39 is 0 Å². The maximum atomic E-state index is 12.6. The number of amides is 1. The summed E-state index contributed by atoms with van der Waals surface area (Å²) in [6, 6.07) is 10.5. The first-order valence-corrected chi connectivity index (χ1v) is 8.28. The van der Waals surface area contributed by atoms with Crippen LogP contribution >= 0.6 is 0 Å². The van der Waals surface area contributed by atoms with Gasteiger partial charge < -0.3 is 11.1 Å². The Labute approximate surface area is 127 Å². The number of nitrogens with two attached hydrogens (primary N) is 1. The fourth-order valence-electron chi connectivity index (χ4n) is 3.95. The molecular weight excluding hydrogens is 260 g/mol. The maximum Gasteiger partial charge on any atom is 0.223 e. The van der Waals surface area contributed by atoms with Gasteiger partial charge in [-0.05, 0) is 56.6 Å². The van der Waals surface area contributed by atoms with Crippen LogP contribution in [0, 0.1) is 11.8 Å². The van der Waals surface area contributed by atoms with Gasteiger partial charge in [0.15, 0.2) is 0 Å². The molecule has 2 aliphatic carbocycles. The van der Waals surface area contributed by atoms with E-state index in [0.29, 0.717) is 12.5 Å². The number of carbonyl (C=O) groups is 1. The lowest BCUT2D eigenvalue weighted by atomic mass is 9.72. The lowest BCUT2D eigenvalue weighted by Crippen LogP contribution is -2.56. The quantitative estimate of drug-likeness (QED) is 0.874. The van der Waals surface area contributed by atoms with Crippen LogP contribution in [-0.4, -0.2) is 18.0 Å². The van der Waals surface area contributed by atoms with E-state index in [9.17, 15) is 4.79 Å². The highest BCUT2D eigenvalue weighted by Gasteiger charge is 2.41. The average Bonchev–Trinajstić information content (AvgIpc) is 2.94. The molecule has 1 amide bonds. The number of hydrogen-bond acceptors (Lipinski definition) is 2. The molecule has 0 aliphatic heterocycles. The molecule has 0 radical (unpaired) electrons. The van der Waals surface area contributed by atoms with Gasteiger partial charge in [0.1, 0.15) is 0 Å². The SMILES string of the molecule is NC[C@H]1CCC[C@H]1C(=O)NC1(Cc2ccccc2)CCC1. The summed E-state index contributed by atoms with van der Waals surface area (Å²) < 4.78 is 0. The molecule has 0 unspecified atom stereocenters. The summed E-state index contributed by atoms with van der Waals surface area (Å²) in [7, 11) is 0. The van der Waals surface area contributed by atoms with Gasteiger partial charge in [0.2, 0.25) is 5.91 Å². The van der Waals surface area contributed by atoms with Gasteiger partial charge in [-0.3, -0.25) is 4.79 Å². The van der Waals surface area contributed by atoms with E-state index in [-0.39, 0.29) is 17.4 Å². The molecule has 0 aromatic heterocycles. The van der Waals surface area contributed by atoms with Crippen LogP contribution in [0.2, 0.25) is 0 Å². The highest BCUT2D eigenvalue weighted by atomic mass is 16.2. The molecule has 3 nitrogen and oxygen atoms in total. The number of benzene rings is 1. The molecule has 2 fully saturated rings. The van der Waals surface area contributed by atoms with Gasteiger partial charge in [0.05, 0.1) is 0 Å². The Morgan fingerprint density at radius 2 is 1.95 bits per heavy atom. The van der Waals surface area contributed by atoms with Crippen LogP contribution in [0.25, 0.3) is 0 Å². The molecule has 0 saturated heterocycles. The lowest BCUT2D eigenvalue weighted by Gasteiger charge is -2.44. The van der Waals surface area contributed by atoms with Crippen molar-refractivity contribution < 1.29 is 4.79 Å². The molecule has 0 spiro atoms. The molecular formula is C18H26N2O. The monoisotopic (exact) mass is 286 g/mol. The van der Waals surface area contributed by atoms with Crippen molar-refractivity contribution in [3.05, 3.63) is 35.9 Å². The van der Waals surface area contributed by atoms with E-state index in [1.807, 2.05) is 6.07 Å². The highest BCUT2D eigenvalue weighted by Crippen LogP contribution is 2.37. The smallest absolute Gasteiger partial charge is 0.223 e. The Morgan fingerprint density at radius 1 is 1.19 bits per heavy atom. The Morgan fingerprint density at radius 3 is 2.57 bits per heavy atom. The predicted molar refractivity (Wildman–Crippen MR) is 84.8 cm³/mol. The molecule has 21 heavy (non-hydrogen) atoms. The van der Waals surface area contributed by atoms with Crippen LogP contribution < -0.4 is 11.1 Å². The summed E-state index contributed by atoms with van der Waals surface area (Å²) in [5.74, 6) is 0.778. The second-order valence-corrected chi connectivity index (χ2v) is 6.82. The summed E-state index contributed by atoms with van der Waals surface area (Å²) in [6.45, 7) is 0.643. The second kappa shape index (κ2) is 6.18. The summed E-state index contributed by atoms with van der Waals surface area (Å²) in [6.07, 6.45) is 7.65. The fraction of sp³-hybridized carbons (Fsp3) is 0.611. The molecule has 3 rings (SSSR count). The predicted octanol–water partition coefficient (Wildman–Crippen LogP) is 2.64. The van der Waals surface area contributed by atoms with E-state index >= 15 is 0 Å². The van der Waals surface area contributed by atoms with Crippen molar-refractivity contribution in [1.82, 2.24) is 5.32 Å². The van der Waals surface area contributed by atoms with Crippen molar-refractivity contribution in [2.24, 2.45) is 17.6 Å². The average molecular weight is 286 g/mol. The van der Waals surface area contributed by atoms with Crippen LogP contribution in [-0.2, 0) is 11.2 Å². The number of nitrogens with one attached hydrogen (secondary N) is 1. The van der Waals surface area contributed by atoms with Crippen molar-refractivity contribution >= 4 is 5.91 Å². The van der Waals surface area contributed by atoms with Crippen LogP contribution in [0.15, 0.2) is 30.3 Å². The molecule has 0 bridgehead atoms. The topological polar surface area (TPSA) is 55.1 Å². The van der Waals surface area contributed by atoms with Gasteiger partial charge in [-0.15, -0.1) is 0 Å². The normalized spacial score (nSPS) is 27.1. The third-order valence-electron chi connectivity index (χ3n) is 5.38. The Balaban J connectivity index is 1.65. The zero-order valence-electron chi connectivity index (χ0n) is 12.7. The van der Waals surface area contributed by atoms with Crippen molar-refractivity contribution in [3.8, 4) is 0 Å². The van der Waals surface area contributed by atoms with Gasteiger partial charge in [0, 0.05) is 11.5 Å². The van der Waals surface area contributed by atoms with E-state index in [0.717, 1.165) is 38.5 Å². The molecule has 1 aromatic carbocycles. The largest absolute Gasteiger partial charge is 0.350 e. The second-order valence-electron chi connectivity index (χ2n) is 6.82. The van der Waals surface area contributed by atoms with Gasteiger partial charge in [0.25, 0.3) is 0 Å². The maximum absolute atomic E-state index is 12.6. The lowest BCUT2D eigenvalue weighted by molar-refractivity contribution is -0.129. The van der Waals surface area contributed by atoms with Crippen molar-refractivity contribution in [1.29, 1.82) is 0 Å². The van der Waals surface area contributed by atoms with Crippen LogP contribution in [0.1, 0.15) is 44.1 Å². The third-order valence-corrected chi connectivity index (χ3v) is 5.38. The fourth-order valence-corrected chi connectivity index (χ4v) is 3.95. The first kappa shape index (κ1) is 14.6. The Hall–Kier alpha value is -1.35. The minimum atomic E-state index is 0.000174. The minimum Gasteiger partial charge on any atom is -0.350 e. The zero-order valence-corrected chi connectivity index (χ0v) is 12.7. The Bertz CT molecular complexity index is 481. The molecule has 1 aromatic rings. The molecule has 0 heterocycles. The number of hydrogen-bond donors (Lipinski definition) is 2.